The van der Waals surface area contributed by atoms with Crippen LogP contribution in [-0.4, -0.2) is 15.7 Å². The molecule has 0 spiro atoms. The highest BCUT2D eigenvalue weighted by Gasteiger charge is 2.26. The predicted octanol–water partition coefficient (Wildman–Crippen LogP) is 3.80. The van der Waals surface area contributed by atoms with Crippen LogP contribution in [0.1, 0.15) is 45.4 Å². The molecule has 2 heterocycles. The first-order valence-corrected chi connectivity index (χ1v) is 9.12. The molecule has 1 atom stereocenters. The van der Waals surface area contributed by atoms with Gasteiger partial charge in [0.05, 0.1) is 23.7 Å². The molecule has 5 heteroatoms. The van der Waals surface area contributed by atoms with Crippen molar-refractivity contribution in [1.29, 1.82) is 0 Å². The summed E-state index contributed by atoms with van der Waals surface area (Å²) in [5.41, 5.74) is 3.66. The normalized spacial score (nSPS) is 16.6. The monoisotopic (exact) mass is 337 g/mol. The number of hydrogen-bond acceptors (Lipinski definition) is 3. The van der Waals surface area contributed by atoms with Crippen molar-refractivity contribution in [2.75, 3.05) is 0 Å². The fourth-order valence-corrected chi connectivity index (χ4v) is 3.93. The third-order valence-corrected chi connectivity index (χ3v) is 5.36. The summed E-state index contributed by atoms with van der Waals surface area (Å²) < 4.78 is 2.08. The van der Waals surface area contributed by atoms with Crippen LogP contribution in [-0.2, 0) is 13.0 Å². The lowest BCUT2D eigenvalue weighted by Gasteiger charge is -2.24. The van der Waals surface area contributed by atoms with Crippen molar-refractivity contribution in [2.45, 2.75) is 31.8 Å². The number of hydrogen-bond donors (Lipinski definition) is 1. The van der Waals surface area contributed by atoms with Gasteiger partial charge in [0.25, 0.3) is 5.91 Å². The van der Waals surface area contributed by atoms with Gasteiger partial charge < -0.3 is 5.32 Å². The van der Waals surface area contributed by atoms with Crippen molar-refractivity contribution in [3.63, 3.8) is 0 Å². The molecule has 1 aliphatic rings. The third kappa shape index (κ3) is 2.99. The van der Waals surface area contributed by atoms with E-state index in [1.54, 1.807) is 0 Å². The molecule has 0 bridgehead atoms. The highest BCUT2D eigenvalue weighted by atomic mass is 32.1. The van der Waals surface area contributed by atoms with Crippen LogP contribution in [0, 0.1) is 0 Å². The first-order chi connectivity index (χ1) is 11.8. The first-order valence-electron chi connectivity index (χ1n) is 8.24. The Kier molecular flexibility index (Phi) is 4.17. The number of carbonyl (C=O) groups excluding carboxylic acids is 1. The maximum Gasteiger partial charge on any atom is 0.261 e. The number of nitrogens with zero attached hydrogens (tertiary/aromatic N) is 2. The third-order valence-electron chi connectivity index (χ3n) is 4.49. The van der Waals surface area contributed by atoms with Gasteiger partial charge in [-0.05, 0) is 36.3 Å². The molecule has 0 saturated heterocycles. The summed E-state index contributed by atoms with van der Waals surface area (Å²) in [6.45, 7) is 0.780. The van der Waals surface area contributed by atoms with Gasteiger partial charge in [0.1, 0.15) is 0 Å². The van der Waals surface area contributed by atoms with Gasteiger partial charge in [-0.25, -0.2) is 0 Å². The van der Waals surface area contributed by atoms with E-state index in [1.165, 1.54) is 28.2 Å². The number of rotatable bonds is 4. The number of amides is 1. The minimum absolute atomic E-state index is 0.0126. The van der Waals surface area contributed by atoms with Gasteiger partial charge in [0.2, 0.25) is 0 Å². The molecular weight excluding hydrogens is 318 g/mol. The standard InChI is InChI=1S/C19H19N3OS/c23-19(18-10-5-11-24-18)21-16-8-4-9-17-15(16)12-20-22(17)13-14-6-2-1-3-7-14/h1-3,5-7,10-12,16H,4,8-9,13H2,(H,21,23)/t16-/m1/s1. The summed E-state index contributed by atoms with van der Waals surface area (Å²) in [4.78, 5) is 13.1. The summed E-state index contributed by atoms with van der Waals surface area (Å²) in [6.07, 6.45) is 4.99. The number of nitrogens with one attached hydrogen (secondary N) is 1. The average molecular weight is 337 g/mol. The summed E-state index contributed by atoms with van der Waals surface area (Å²) >= 11 is 1.48. The van der Waals surface area contributed by atoms with E-state index in [9.17, 15) is 4.79 Å². The lowest BCUT2D eigenvalue weighted by Crippen LogP contribution is -2.30. The summed E-state index contributed by atoms with van der Waals surface area (Å²) in [5, 5.41) is 9.68. The van der Waals surface area contributed by atoms with E-state index in [0.717, 1.165) is 30.7 Å². The quantitative estimate of drug-likeness (QED) is 0.787. The molecule has 1 aromatic carbocycles. The predicted molar refractivity (Wildman–Crippen MR) is 95.2 cm³/mol. The van der Waals surface area contributed by atoms with Crippen LogP contribution in [0.25, 0.3) is 0 Å². The molecule has 0 aliphatic heterocycles. The van der Waals surface area contributed by atoms with Crippen LogP contribution >= 0.6 is 11.3 Å². The topological polar surface area (TPSA) is 46.9 Å². The Morgan fingerprint density at radius 2 is 2.12 bits per heavy atom. The van der Waals surface area contributed by atoms with E-state index in [1.807, 2.05) is 29.8 Å². The molecule has 0 radical (unpaired) electrons. The first kappa shape index (κ1) is 15.1. The molecule has 1 N–H and O–H groups in total. The van der Waals surface area contributed by atoms with Crippen molar-refractivity contribution < 1.29 is 4.79 Å². The molecule has 0 unspecified atom stereocenters. The Bertz CT molecular complexity index is 824. The molecule has 0 saturated carbocycles. The second-order valence-electron chi connectivity index (χ2n) is 6.09. The summed E-state index contributed by atoms with van der Waals surface area (Å²) in [7, 11) is 0. The Morgan fingerprint density at radius 1 is 1.25 bits per heavy atom. The van der Waals surface area contributed by atoms with Crippen LogP contribution < -0.4 is 5.32 Å². The van der Waals surface area contributed by atoms with Gasteiger partial charge in [-0.3, -0.25) is 9.48 Å². The molecule has 4 rings (SSSR count). The molecule has 1 amide bonds. The van der Waals surface area contributed by atoms with Crippen molar-refractivity contribution in [3.8, 4) is 0 Å². The minimum atomic E-state index is 0.0126. The number of carbonyl (C=O) groups is 1. The van der Waals surface area contributed by atoms with E-state index >= 15 is 0 Å². The zero-order chi connectivity index (χ0) is 16.4. The van der Waals surface area contributed by atoms with Gasteiger partial charge in [0.15, 0.2) is 0 Å². The average Bonchev–Trinajstić information content (AvgIpc) is 3.27. The van der Waals surface area contributed by atoms with Crippen LogP contribution in [0.4, 0.5) is 0 Å². The van der Waals surface area contributed by atoms with Crippen molar-refractivity contribution in [3.05, 3.63) is 75.7 Å². The largest absolute Gasteiger partial charge is 0.344 e. The highest BCUT2D eigenvalue weighted by Crippen LogP contribution is 2.30. The van der Waals surface area contributed by atoms with Gasteiger partial charge in [-0.15, -0.1) is 11.3 Å². The Balaban J connectivity index is 1.54. The smallest absolute Gasteiger partial charge is 0.261 e. The molecule has 2 aromatic heterocycles. The minimum Gasteiger partial charge on any atom is -0.344 e. The van der Waals surface area contributed by atoms with Gasteiger partial charge in [-0.1, -0.05) is 36.4 Å². The van der Waals surface area contributed by atoms with Crippen molar-refractivity contribution in [1.82, 2.24) is 15.1 Å². The number of thiophene rings is 1. The fraction of sp³-hybridized carbons (Fsp3) is 0.263. The second-order valence-corrected chi connectivity index (χ2v) is 7.03. The zero-order valence-corrected chi connectivity index (χ0v) is 14.1. The van der Waals surface area contributed by atoms with E-state index in [4.69, 9.17) is 0 Å². The molecule has 4 nitrogen and oxygen atoms in total. The molecule has 24 heavy (non-hydrogen) atoms. The van der Waals surface area contributed by atoms with Crippen LogP contribution in [0.3, 0.4) is 0 Å². The summed E-state index contributed by atoms with van der Waals surface area (Å²) in [6, 6.07) is 14.2. The Morgan fingerprint density at radius 3 is 2.92 bits per heavy atom. The number of benzene rings is 1. The van der Waals surface area contributed by atoms with Crippen LogP contribution in [0.2, 0.25) is 0 Å². The number of aromatic nitrogens is 2. The highest BCUT2D eigenvalue weighted by molar-refractivity contribution is 7.12. The molecule has 0 fully saturated rings. The molecule has 122 valence electrons. The zero-order valence-electron chi connectivity index (χ0n) is 13.3. The van der Waals surface area contributed by atoms with Gasteiger partial charge >= 0.3 is 0 Å². The Labute approximate surface area is 145 Å². The van der Waals surface area contributed by atoms with Gasteiger partial charge in [0, 0.05) is 11.3 Å². The maximum absolute atomic E-state index is 12.4. The lowest BCUT2D eigenvalue weighted by molar-refractivity contribution is 0.0937. The van der Waals surface area contributed by atoms with Crippen LogP contribution in [0.5, 0.6) is 0 Å². The molecule has 3 aromatic rings. The summed E-state index contributed by atoms with van der Waals surface area (Å²) in [5.74, 6) is 0.0126. The van der Waals surface area contributed by atoms with E-state index in [-0.39, 0.29) is 11.9 Å². The van der Waals surface area contributed by atoms with Crippen molar-refractivity contribution >= 4 is 17.2 Å². The lowest BCUT2D eigenvalue weighted by atomic mass is 9.93. The Hall–Kier alpha value is -2.40. The SMILES string of the molecule is O=C(N[C@@H]1CCCc2c1cnn2Cc1ccccc1)c1cccs1. The molecule has 1 aliphatic carbocycles. The van der Waals surface area contributed by atoms with Crippen LogP contribution in [0.15, 0.2) is 54.0 Å². The van der Waals surface area contributed by atoms with Crippen molar-refractivity contribution in [2.24, 2.45) is 0 Å². The van der Waals surface area contributed by atoms with E-state index < -0.39 is 0 Å². The fourth-order valence-electron chi connectivity index (χ4n) is 3.30. The maximum atomic E-state index is 12.4. The van der Waals surface area contributed by atoms with E-state index in [2.05, 4.69) is 39.4 Å². The second kappa shape index (κ2) is 6.61. The number of fused-ring (bicyclic) bond motifs is 1. The van der Waals surface area contributed by atoms with E-state index in [0.29, 0.717) is 0 Å². The van der Waals surface area contributed by atoms with Gasteiger partial charge in [-0.2, -0.15) is 5.10 Å². The molecular formula is C19H19N3OS.